The molecule has 0 saturated carbocycles. The Bertz CT molecular complexity index is 954. The fourth-order valence-corrected chi connectivity index (χ4v) is 4.19. The van der Waals surface area contributed by atoms with Gasteiger partial charge in [0.1, 0.15) is 0 Å². The molecule has 1 fully saturated rings. The van der Waals surface area contributed by atoms with E-state index in [4.69, 9.17) is 11.6 Å². The van der Waals surface area contributed by atoms with Gasteiger partial charge in [0.15, 0.2) is 0 Å². The van der Waals surface area contributed by atoms with Gasteiger partial charge in [-0.2, -0.15) is 0 Å². The second kappa shape index (κ2) is 9.96. The molecule has 164 valence electrons. The number of carbonyl (C=O) groups is 3. The molecule has 1 aliphatic rings. The number of benzene rings is 2. The van der Waals surface area contributed by atoms with Gasteiger partial charge in [0.05, 0.1) is 18.4 Å². The monoisotopic (exact) mass is 442 g/mol. The summed E-state index contributed by atoms with van der Waals surface area (Å²) >= 11 is 5.92. The van der Waals surface area contributed by atoms with E-state index in [0.717, 1.165) is 17.5 Å². The Morgan fingerprint density at radius 3 is 2.39 bits per heavy atom. The first-order valence-electron chi connectivity index (χ1n) is 10.4. The number of halogens is 1. The van der Waals surface area contributed by atoms with Crippen molar-refractivity contribution < 1.29 is 19.5 Å². The van der Waals surface area contributed by atoms with Gasteiger partial charge in [-0.1, -0.05) is 40.9 Å². The van der Waals surface area contributed by atoms with Gasteiger partial charge >= 0.3 is 5.97 Å². The van der Waals surface area contributed by atoms with E-state index in [2.05, 4.69) is 5.32 Å². The van der Waals surface area contributed by atoms with Crippen LogP contribution >= 0.6 is 11.6 Å². The number of nitrogens with zero attached hydrogens (tertiary/aromatic N) is 1. The minimum absolute atomic E-state index is 0.0795. The van der Waals surface area contributed by atoms with Crippen LogP contribution in [0.2, 0.25) is 5.02 Å². The third-order valence-corrected chi connectivity index (χ3v) is 5.77. The van der Waals surface area contributed by atoms with Crippen molar-refractivity contribution in [3.8, 4) is 0 Å². The predicted molar refractivity (Wildman–Crippen MR) is 119 cm³/mol. The zero-order chi connectivity index (χ0) is 22.5. The van der Waals surface area contributed by atoms with Crippen LogP contribution in [0.3, 0.4) is 0 Å². The summed E-state index contributed by atoms with van der Waals surface area (Å²) < 4.78 is 0. The lowest BCUT2D eigenvalue weighted by Gasteiger charge is -2.33. The molecule has 1 heterocycles. The van der Waals surface area contributed by atoms with Crippen molar-refractivity contribution in [3.63, 3.8) is 0 Å². The number of carboxylic acid groups (broad SMARTS) is 1. The number of nitrogens with one attached hydrogen (secondary N) is 1. The van der Waals surface area contributed by atoms with Gasteiger partial charge in [-0.25, -0.2) is 0 Å². The summed E-state index contributed by atoms with van der Waals surface area (Å²) in [5, 5.41) is 12.7. The van der Waals surface area contributed by atoms with Crippen LogP contribution in [-0.2, 0) is 9.59 Å². The summed E-state index contributed by atoms with van der Waals surface area (Å²) in [7, 11) is 0. The number of carbonyl (C=O) groups excluding carboxylic acids is 2. The standard InChI is InChI=1S/C24H27ClN2O4/c1-15-10-16(2)12-19(11-15)24(31)27-9-3-4-18(14-27)23(30)26-21(13-22(28)29)17-5-7-20(25)8-6-17/h5-8,10-12,18,21H,3-4,9,13-14H2,1-2H3,(H,26,30)(H,28,29). The van der Waals surface area contributed by atoms with Crippen molar-refractivity contribution in [3.05, 3.63) is 69.7 Å². The number of hydrogen-bond acceptors (Lipinski definition) is 3. The van der Waals surface area contributed by atoms with E-state index in [1.165, 1.54) is 0 Å². The van der Waals surface area contributed by atoms with Crippen LogP contribution in [0, 0.1) is 19.8 Å². The number of aryl methyl sites for hydroxylation is 2. The second-order valence-corrected chi connectivity index (χ2v) is 8.61. The molecule has 2 N–H and O–H groups in total. The Balaban J connectivity index is 1.70. The second-order valence-electron chi connectivity index (χ2n) is 8.18. The Morgan fingerprint density at radius 1 is 1.13 bits per heavy atom. The highest BCUT2D eigenvalue weighted by molar-refractivity contribution is 6.30. The lowest BCUT2D eigenvalue weighted by molar-refractivity contribution is -0.138. The molecule has 0 bridgehead atoms. The number of hydrogen-bond donors (Lipinski definition) is 2. The molecule has 0 radical (unpaired) electrons. The average Bonchev–Trinajstić information content (AvgIpc) is 2.72. The van der Waals surface area contributed by atoms with Crippen molar-refractivity contribution >= 4 is 29.4 Å². The maximum absolute atomic E-state index is 13.0. The quantitative estimate of drug-likeness (QED) is 0.703. The summed E-state index contributed by atoms with van der Waals surface area (Å²) in [5.74, 6) is -1.70. The average molecular weight is 443 g/mol. The highest BCUT2D eigenvalue weighted by Gasteiger charge is 2.30. The maximum Gasteiger partial charge on any atom is 0.305 e. The normalized spacial score (nSPS) is 17.1. The fraction of sp³-hybridized carbons (Fsp3) is 0.375. The number of likely N-dealkylation sites (tertiary alicyclic amines) is 1. The van der Waals surface area contributed by atoms with Crippen LogP contribution in [0.15, 0.2) is 42.5 Å². The van der Waals surface area contributed by atoms with Crippen molar-refractivity contribution in [1.29, 1.82) is 0 Å². The lowest BCUT2D eigenvalue weighted by Crippen LogP contribution is -2.46. The molecule has 0 aromatic heterocycles. The number of piperidine rings is 1. The molecule has 1 saturated heterocycles. The summed E-state index contributed by atoms with van der Waals surface area (Å²) in [6, 6.07) is 11.9. The molecule has 1 aliphatic heterocycles. The fourth-order valence-electron chi connectivity index (χ4n) is 4.07. The smallest absolute Gasteiger partial charge is 0.305 e. The van der Waals surface area contributed by atoms with E-state index in [1.54, 1.807) is 29.2 Å². The Labute approximate surface area is 187 Å². The van der Waals surface area contributed by atoms with E-state index >= 15 is 0 Å². The number of amides is 2. The van der Waals surface area contributed by atoms with Crippen molar-refractivity contribution in [1.82, 2.24) is 10.2 Å². The van der Waals surface area contributed by atoms with Gasteiger partial charge in [0, 0.05) is 23.7 Å². The highest BCUT2D eigenvalue weighted by atomic mass is 35.5. The Hall–Kier alpha value is -2.86. The molecule has 2 unspecified atom stereocenters. The molecule has 6 nitrogen and oxygen atoms in total. The lowest BCUT2D eigenvalue weighted by atomic mass is 9.94. The molecular formula is C24H27ClN2O4. The first-order chi connectivity index (χ1) is 14.7. The zero-order valence-corrected chi connectivity index (χ0v) is 18.5. The van der Waals surface area contributed by atoms with Gasteiger partial charge in [-0.15, -0.1) is 0 Å². The van der Waals surface area contributed by atoms with E-state index in [1.807, 2.05) is 32.0 Å². The number of rotatable bonds is 6. The molecule has 31 heavy (non-hydrogen) atoms. The van der Waals surface area contributed by atoms with Crippen LogP contribution in [-0.4, -0.2) is 40.9 Å². The molecule has 0 aliphatic carbocycles. The molecule has 2 amide bonds. The summed E-state index contributed by atoms with van der Waals surface area (Å²) in [5.41, 5.74) is 3.35. The van der Waals surface area contributed by atoms with Crippen LogP contribution < -0.4 is 5.32 Å². The van der Waals surface area contributed by atoms with E-state index in [-0.39, 0.29) is 24.2 Å². The van der Waals surface area contributed by atoms with Gasteiger partial charge in [-0.3, -0.25) is 14.4 Å². The third kappa shape index (κ3) is 6.07. The van der Waals surface area contributed by atoms with Crippen LogP contribution in [0.5, 0.6) is 0 Å². The molecule has 0 spiro atoms. The summed E-state index contributed by atoms with van der Waals surface area (Å²) in [6.45, 7) is 4.83. The van der Waals surface area contributed by atoms with Gasteiger partial charge in [0.2, 0.25) is 5.91 Å². The van der Waals surface area contributed by atoms with Crippen LogP contribution in [0.4, 0.5) is 0 Å². The number of aliphatic carboxylic acids is 1. The van der Waals surface area contributed by atoms with Crippen molar-refractivity contribution in [2.24, 2.45) is 5.92 Å². The minimum Gasteiger partial charge on any atom is -0.481 e. The van der Waals surface area contributed by atoms with E-state index in [9.17, 15) is 19.5 Å². The Morgan fingerprint density at radius 2 is 1.77 bits per heavy atom. The first kappa shape index (κ1) is 22.8. The largest absolute Gasteiger partial charge is 0.481 e. The first-order valence-corrected chi connectivity index (χ1v) is 10.8. The maximum atomic E-state index is 13.0. The SMILES string of the molecule is Cc1cc(C)cc(C(=O)N2CCCC(C(=O)NC(CC(=O)O)c3ccc(Cl)cc3)C2)c1. The predicted octanol–water partition coefficient (Wildman–Crippen LogP) is 4.14. The van der Waals surface area contributed by atoms with Crippen LogP contribution in [0.25, 0.3) is 0 Å². The number of carboxylic acids is 1. The Kier molecular flexibility index (Phi) is 7.33. The van der Waals surface area contributed by atoms with Crippen molar-refractivity contribution in [2.75, 3.05) is 13.1 Å². The minimum atomic E-state index is -1.00. The van der Waals surface area contributed by atoms with Gasteiger partial charge in [0.25, 0.3) is 5.91 Å². The molecule has 2 aromatic carbocycles. The highest BCUT2D eigenvalue weighted by Crippen LogP contribution is 2.24. The molecular weight excluding hydrogens is 416 g/mol. The topological polar surface area (TPSA) is 86.7 Å². The molecule has 3 rings (SSSR count). The summed E-state index contributed by atoms with van der Waals surface area (Å²) in [6.07, 6.45) is 1.15. The van der Waals surface area contributed by atoms with E-state index < -0.39 is 12.0 Å². The third-order valence-electron chi connectivity index (χ3n) is 5.52. The van der Waals surface area contributed by atoms with Gasteiger partial charge < -0.3 is 15.3 Å². The van der Waals surface area contributed by atoms with Crippen LogP contribution in [0.1, 0.15) is 52.4 Å². The van der Waals surface area contributed by atoms with Gasteiger partial charge in [-0.05, 0) is 56.5 Å². The van der Waals surface area contributed by atoms with Crippen molar-refractivity contribution in [2.45, 2.75) is 39.2 Å². The molecule has 7 heteroatoms. The molecule has 2 aromatic rings. The summed E-state index contributed by atoms with van der Waals surface area (Å²) in [4.78, 5) is 39.0. The molecule has 2 atom stereocenters. The zero-order valence-electron chi connectivity index (χ0n) is 17.7. The van der Waals surface area contributed by atoms with E-state index in [0.29, 0.717) is 35.7 Å².